The summed E-state index contributed by atoms with van der Waals surface area (Å²) in [6.45, 7) is 5.74. The third kappa shape index (κ3) is 4.82. The van der Waals surface area contributed by atoms with Crippen LogP contribution in [0.2, 0.25) is 0 Å². The van der Waals surface area contributed by atoms with E-state index in [9.17, 15) is 9.59 Å². The topological polar surface area (TPSA) is 61.8 Å². The summed E-state index contributed by atoms with van der Waals surface area (Å²) >= 11 is 0. The van der Waals surface area contributed by atoms with Crippen molar-refractivity contribution in [1.29, 1.82) is 0 Å². The van der Waals surface area contributed by atoms with E-state index in [2.05, 4.69) is 13.0 Å². The number of ether oxygens (including phenoxy) is 3. The van der Waals surface area contributed by atoms with Crippen LogP contribution >= 0.6 is 0 Å². The predicted molar refractivity (Wildman–Crippen MR) is 102 cm³/mol. The van der Waals surface area contributed by atoms with E-state index in [1.54, 1.807) is 0 Å². The molecule has 0 saturated heterocycles. The Morgan fingerprint density at radius 1 is 1.15 bits per heavy atom. The van der Waals surface area contributed by atoms with Gasteiger partial charge in [0.05, 0.1) is 6.61 Å². The number of fused-ring (bicyclic) bond motifs is 3. The Morgan fingerprint density at radius 3 is 2.67 bits per heavy atom. The van der Waals surface area contributed by atoms with Gasteiger partial charge in [0.2, 0.25) is 0 Å². The maximum atomic E-state index is 11.7. The van der Waals surface area contributed by atoms with Crippen molar-refractivity contribution in [1.82, 2.24) is 0 Å². The zero-order valence-electron chi connectivity index (χ0n) is 16.6. The number of carbonyl (C=O) groups is 2. The van der Waals surface area contributed by atoms with Gasteiger partial charge in [-0.25, -0.2) is 0 Å². The maximum Gasteiger partial charge on any atom is 0.308 e. The molecule has 0 bridgehead atoms. The van der Waals surface area contributed by atoms with Gasteiger partial charge in [-0.15, -0.1) is 0 Å². The molecular weight excluding hydrogens is 344 g/mol. The summed E-state index contributed by atoms with van der Waals surface area (Å²) in [6.07, 6.45) is 6.87. The molecule has 1 heterocycles. The number of hydrogen-bond donors (Lipinski definition) is 0. The minimum Gasteiger partial charge on any atom is -0.493 e. The lowest BCUT2D eigenvalue weighted by Gasteiger charge is -2.40. The van der Waals surface area contributed by atoms with Crippen molar-refractivity contribution >= 4 is 11.9 Å². The molecular formula is C22H30O5. The third-order valence-corrected chi connectivity index (χ3v) is 5.59. The van der Waals surface area contributed by atoms with Crippen LogP contribution in [0.25, 0.3) is 0 Å². The van der Waals surface area contributed by atoms with Gasteiger partial charge in [-0.2, -0.15) is 0 Å². The minimum absolute atomic E-state index is 0.0795. The first kappa shape index (κ1) is 19.7. The highest BCUT2D eigenvalue weighted by Crippen LogP contribution is 2.50. The van der Waals surface area contributed by atoms with Crippen molar-refractivity contribution < 1.29 is 23.8 Å². The lowest BCUT2D eigenvalue weighted by atomic mass is 9.72. The first-order valence-corrected chi connectivity index (χ1v) is 10.1. The van der Waals surface area contributed by atoms with Crippen molar-refractivity contribution in [2.24, 2.45) is 5.92 Å². The fourth-order valence-electron chi connectivity index (χ4n) is 4.39. The number of esters is 2. The summed E-state index contributed by atoms with van der Waals surface area (Å²) in [7, 11) is 0. The molecule has 1 fully saturated rings. The molecule has 2 aliphatic rings. The van der Waals surface area contributed by atoms with E-state index in [0.29, 0.717) is 18.3 Å². The molecule has 0 spiro atoms. The molecule has 3 unspecified atom stereocenters. The van der Waals surface area contributed by atoms with Gasteiger partial charge in [0.15, 0.2) is 0 Å². The number of hydrogen-bond acceptors (Lipinski definition) is 5. The third-order valence-electron chi connectivity index (χ3n) is 5.59. The number of carbonyl (C=O) groups excluding carboxylic acids is 2. The summed E-state index contributed by atoms with van der Waals surface area (Å²) in [4.78, 5) is 23.1. The molecule has 1 aliphatic carbocycles. The number of unbranched alkanes of at least 4 members (excludes halogenated alkanes) is 2. The minimum atomic E-state index is -0.322. The molecule has 1 aromatic rings. The average molecular weight is 374 g/mol. The van der Waals surface area contributed by atoms with Gasteiger partial charge < -0.3 is 14.2 Å². The standard InChI is InChI=1S/C22H30O5/c1-4-5-6-7-16-10-20-22(21(11-16)27-15(3)24)19-12-18(26-14(2)23)9-8-17(19)13-25-20/h10-11,17-19H,4-9,12-13H2,1-3H3. The van der Waals surface area contributed by atoms with Gasteiger partial charge in [0, 0.05) is 31.2 Å². The Kier molecular flexibility index (Phi) is 6.40. The highest BCUT2D eigenvalue weighted by molar-refractivity contribution is 5.71. The molecule has 27 heavy (non-hydrogen) atoms. The molecule has 0 N–H and O–H groups in total. The van der Waals surface area contributed by atoms with Crippen LogP contribution in [0.3, 0.4) is 0 Å². The van der Waals surface area contributed by atoms with Crippen LogP contribution in [0, 0.1) is 5.92 Å². The largest absolute Gasteiger partial charge is 0.493 e. The highest BCUT2D eigenvalue weighted by Gasteiger charge is 2.40. The van der Waals surface area contributed by atoms with Crippen molar-refractivity contribution in [3.63, 3.8) is 0 Å². The summed E-state index contributed by atoms with van der Waals surface area (Å²) in [5, 5.41) is 0. The molecule has 1 saturated carbocycles. The Labute approximate surface area is 161 Å². The maximum absolute atomic E-state index is 11.7. The van der Waals surface area contributed by atoms with Crippen LogP contribution in [0.5, 0.6) is 11.5 Å². The van der Waals surface area contributed by atoms with Crippen LogP contribution in [0.15, 0.2) is 12.1 Å². The second-order valence-electron chi connectivity index (χ2n) is 7.78. The molecule has 1 aromatic carbocycles. The van der Waals surface area contributed by atoms with Crippen LogP contribution in [0.1, 0.15) is 76.3 Å². The SMILES string of the molecule is CCCCCc1cc2c(c(OC(C)=O)c1)C1CC(OC(C)=O)CCC1CO2. The lowest BCUT2D eigenvalue weighted by Crippen LogP contribution is -2.35. The zero-order valence-corrected chi connectivity index (χ0v) is 16.6. The Hall–Kier alpha value is -2.04. The number of benzene rings is 1. The second kappa shape index (κ2) is 8.77. The molecule has 1 aliphatic heterocycles. The van der Waals surface area contributed by atoms with Crippen molar-refractivity contribution in [2.45, 2.75) is 77.7 Å². The Bertz CT molecular complexity index is 696. The molecule has 148 valence electrons. The van der Waals surface area contributed by atoms with Crippen molar-refractivity contribution in [2.75, 3.05) is 6.61 Å². The van der Waals surface area contributed by atoms with Gasteiger partial charge in [-0.1, -0.05) is 19.8 Å². The van der Waals surface area contributed by atoms with E-state index >= 15 is 0 Å². The Balaban J connectivity index is 1.90. The van der Waals surface area contributed by atoms with E-state index in [1.165, 1.54) is 26.7 Å². The van der Waals surface area contributed by atoms with E-state index in [0.717, 1.165) is 49.0 Å². The van der Waals surface area contributed by atoms with Gasteiger partial charge >= 0.3 is 11.9 Å². The molecule has 0 radical (unpaired) electrons. The molecule has 5 heteroatoms. The van der Waals surface area contributed by atoms with Gasteiger partial charge in [-0.3, -0.25) is 9.59 Å². The summed E-state index contributed by atoms with van der Waals surface area (Å²) in [5.41, 5.74) is 2.11. The fourth-order valence-corrected chi connectivity index (χ4v) is 4.39. The van der Waals surface area contributed by atoms with E-state index in [4.69, 9.17) is 14.2 Å². The summed E-state index contributed by atoms with van der Waals surface area (Å²) in [5.74, 6) is 1.43. The fraction of sp³-hybridized carbons (Fsp3) is 0.636. The van der Waals surface area contributed by atoms with E-state index in [-0.39, 0.29) is 24.0 Å². The molecule has 5 nitrogen and oxygen atoms in total. The van der Waals surface area contributed by atoms with Gasteiger partial charge in [0.25, 0.3) is 0 Å². The van der Waals surface area contributed by atoms with Crippen LogP contribution in [0.4, 0.5) is 0 Å². The monoisotopic (exact) mass is 374 g/mol. The van der Waals surface area contributed by atoms with E-state index < -0.39 is 0 Å². The van der Waals surface area contributed by atoms with Crippen LogP contribution in [-0.2, 0) is 20.7 Å². The quantitative estimate of drug-likeness (QED) is 0.415. The van der Waals surface area contributed by atoms with Gasteiger partial charge in [0.1, 0.15) is 17.6 Å². The zero-order chi connectivity index (χ0) is 19.4. The smallest absolute Gasteiger partial charge is 0.308 e. The normalized spacial score (nSPS) is 23.6. The first-order valence-electron chi connectivity index (χ1n) is 10.1. The van der Waals surface area contributed by atoms with Crippen LogP contribution in [-0.4, -0.2) is 24.6 Å². The molecule has 0 amide bonds. The number of aryl methyl sites for hydroxylation is 1. The summed E-state index contributed by atoms with van der Waals surface area (Å²) < 4.78 is 17.2. The Morgan fingerprint density at radius 2 is 1.96 bits per heavy atom. The van der Waals surface area contributed by atoms with Crippen LogP contribution < -0.4 is 9.47 Å². The molecule has 3 atom stereocenters. The first-order chi connectivity index (χ1) is 13.0. The lowest BCUT2D eigenvalue weighted by molar-refractivity contribution is -0.148. The van der Waals surface area contributed by atoms with E-state index in [1.807, 2.05) is 6.07 Å². The van der Waals surface area contributed by atoms with Crippen molar-refractivity contribution in [3.8, 4) is 11.5 Å². The molecule has 3 rings (SSSR count). The number of rotatable bonds is 6. The average Bonchev–Trinajstić information content (AvgIpc) is 2.60. The predicted octanol–water partition coefficient (Wildman–Crippen LogP) is 4.55. The van der Waals surface area contributed by atoms with Gasteiger partial charge in [-0.05, 0) is 49.8 Å². The second-order valence-corrected chi connectivity index (χ2v) is 7.78. The summed E-state index contributed by atoms with van der Waals surface area (Å²) in [6, 6.07) is 4.10. The van der Waals surface area contributed by atoms with Crippen molar-refractivity contribution in [3.05, 3.63) is 23.3 Å². The highest BCUT2D eigenvalue weighted by atomic mass is 16.5. The molecule has 0 aromatic heterocycles.